The van der Waals surface area contributed by atoms with Crippen molar-refractivity contribution in [3.63, 3.8) is 0 Å². The van der Waals surface area contributed by atoms with Crippen molar-refractivity contribution >= 4 is 0 Å². The van der Waals surface area contributed by atoms with E-state index in [1.54, 1.807) is 0 Å². The molecule has 1 aromatic carbocycles. The molecule has 106 valence electrons. The van der Waals surface area contributed by atoms with Crippen molar-refractivity contribution < 1.29 is 0 Å². The summed E-state index contributed by atoms with van der Waals surface area (Å²) in [6.45, 7) is 4.29. The highest BCUT2D eigenvalue weighted by Crippen LogP contribution is 2.33. The summed E-state index contributed by atoms with van der Waals surface area (Å²) in [5.74, 6) is 0. The summed E-state index contributed by atoms with van der Waals surface area (Å²) in [4.78, 5) is 2.42. The van der Waals surface area contributed by atoms with Gasteiger partial charge in [0.25, 0.3) is 0 Å². The average Bonchev–Trinajstić information content (AvgIpc) is 2.90. The Morgan fingerprint density at radius 2 is 1.63 bits per heavy atom. The third-order valence-electron chi connectivity index (χ3n) is 4.70. The Bertz CT molecular complexity index is 375. The predicted molar refractivity (Wildman–Crippen MR) is 82.4 cm³/mol. The molecule has 0 aliphatic heterocycles. The zero-order valence-electron chi connectivity index (χ0n) is 12.7. The van der Waals surface area contributed by atoms with Gasteiger partial charge in [0.15, 0.2) is 0 Å². The van der Waals surface area contributed by atoms with Gasteiger partial charge in [0.2, 0.25) is 0 Å². The maximum atomic E-state index is 3.66. The van der Waals surface area contributed by atoms with Crippen LogP contribution in [0.3, 0.4) is 0 Å². The number of hydrogen-bond donors (Lipinski definition) is 1. The highest BCUT2D eigenvalue weighted by molar-refractivity contribution is 5.22. The molecule has 1 aliphatic rings. The fourth-order valence-corrected chi connectivity index (χ4v) is 3.15. The normalized spacial score (nSPS) is 18.1. The number of hydrogen-bond acceptors (Lipinski definition) is 2. The summed E-state index contributed by atoms with van der Waals surface area (Å²) in [5.41, 5.74) is 3.21. The van der Waals surface area contributed by atoms with Gasteiger partial charge in [-0.25, -0.2) is 0 Å². The number of likely N-dealkylation sites (N-methyl/N-ethyl adjacent to an activating group) is 1. The quantitative estimate of drug-likeness (QED) is 0.845. The number of nitrogens with zero attached hydrogens (tertiary/aromatic N) is 1. The molecule has 2 nitrogen and oxygen atoms in total. The summed E-state index contributed by atoms with van der Waals surface area (Å²) < 4.78 is 0. The molecular weight excluding hydrogens is 232 g/mol. The Kier molecular flexibility index (Phi) is 5.00. The summed E-state index contributed by atoms with van der Waals surface area (Å²) >= 11 is 0. The smallest absolute Gasteiger partial charge is 0.0328 e. The molecule has 1 aromatic rings. The highest BCUT2D eigenvalue weighted by Gasteiger charge is 2.35. The first-order valence-electron chi connectivity index (χ1n) is 7.62. The maximum absolute atomic E-state index is 3.66. The summed E-state index contributed by atoms with van der Waals surface area (Å²) in [5, 5.41) is 3.66. The van der Waals surface area contributed by atoms with Gasteiger partial charge in [0, 0.05) is 18.6 Å². The van der Waals surface area contributed by atoms with Crippen molar-refractivity contribution in [2.24, 2.45) is 0 Å². The molecule has 1 fully saturated rings. The van der Waals surface area contributed by atoms with E-state index in [0.717, 1.165) is 19.5 Å². The van der Waals surface area contributed by atoms with E-state index >= 15 is 0 Å². The second kappa shape index (κ2) is 6.53. The minimum atomic E-state index is 0.392. The van der Waals surface area contributed by atoms with Crippen LogP contribution in [0.2, 0.25) is 0 Å². The van der Waals surface area contributed by atoms with Gasteiger partial charge in [0.1, 0.15) is 0 Å². The fraction of sp³-hybridized carbons (Fsp3) is 0.647. The van der Waals surface area contributed by atoms with E-state index in [4.69, 9.17) is 0 Å². The molecular formula is C17H28N2. The number of nitrogens with one attached hydrogen (secondary N) is 1. The molecule has 2 heteroatoms. The largest absolute Gasteiger partial charge is 0.311 e. The lowest BCUT2D eigenvalue weighted by Gasteiger charge is -2.36. The van der Waals surface area contributed by atoms with Crippen molar-refractivity contribution in [1.82, 2.24) is 10.2 Å². The Morgan fingerprint density at radius 1 is 1.05 bits per heavy atom. The SMILES string of the molecule is CCc1ccc(CNCC2(N(C)C)CCCC2)cc1. The fourth-order valence-electron chi connectivity index (χ4n) is 3.15. The van der Waals surface area contributed by atoms with E-state index in [1.165, 1.54) is 36.8 Å². The average molecular weight is 260 g/mol. The van der Waals surface area contributed by atoms with Crippen molar-refractivity contribution in [2.45, 2.75) is 51.1 Å². The lowest BCUT2D eigenvalue weighted by Crippen LogP contribution is -2.49. The second-order valence-corrected chi connectivity index (χ2v) is 6.10. The van der Waals surface area contributed by atoms with E-state index in [2.05, 4.69) is 55.5 Å². The van der Waals surface area contributed by atoms with Crippen LogP contribution in [0.25, 0.3) is 0 Å². The Labute approximate surface area is 118 Å². The second-order valence-electron chi connectivity index (χ2n) is 6.10. The zero-order chi connectivity index (χ0) is 13.7. The summed E-state index contributed by atoms with van der Waals surface area (Å²) in [6, 6.07) is 8.99. The summed E-state index contributed by atoms with van der Waals surface area (Å²) in [7, 11) is 4.45. The molecule has 2 rings (SSSR count). The van der Waals surface area contributed by atoms with Crippen molar-refractivity contribution in [3.8, 4) is 0 Å². The van der Waals surface area contributed by atoms with Crippen LogP contribution in [0.1, 0.15) is 43.7 Å². The molecule has 0 saturated heterocycles. The topological polar surface area (TPSA) is 15.3 Å². The van der Waals surface area contributed by atoms with E-state index in [1.807, 2.05) is 0 Å². The van der Waals surface area contributed by atoms with Crippen LogP contribution in [-0.4, -0.2) is 31.1 Å². The molecule has 0 amide bonds. The minimum absolute atomic E-state index is 0.392. The van der Waals surface area contributed by atoms with Crippen molar-refractivity contribution in [1.29, 1.82) is 0 Å². The van der Waals surface area contributed by atoms with E-state index < -0.39 is 0 Å². The molecule has 1 saturated carbocycles. The van der Waals surface area contributed by atoms with Crippen LogP contribution in [0.4, 0.5) is 0 Å². The van der Waals surface area contributed by atoms with Gasteiger partial charge in [0.05, 0.1) is 0 Å². The van der Waals surface area contributed by atoms with Crippen LogP contribution in [0.15, 0.2) is 24.3 Å². The molecule has 0 bridgehead atoms. The van der Waals surface area contributed by atoms with E-state index in [0.29, 0.717) is 5.54 Å². The first-order valence-corrected chi connectivity index (χ1v) is 7.62. The molecule has 0 aromatic heterocycles. The minimum Gasteiger partial charge on any atom is -0.311 e. The third-order valence-corrected chi connectivity index (χ3v) is 4.70. The Balaban J connectivity index is 1.84. The molecule has 1 aliphatic carbocycles. The Morgan fingerprint density at radius 3 is 2.16 bits per heavy atom. The van der Waals surface area contributed by atoms with E-state index in [-0.39, 0.29) is 0 Å². The number of aryl methyl sites for hydroxylation is 1. The molecule has 0 unspecified atom stereocenters. The van der Waals surface area contributed by atoms with Gasteiger partial charge in [-0.3, -0.25) is 0 Å². The molecule has 19 heavy (non-hydrogen) atoms. The van der Waals surface area contributed by atoms with Crippen molar-refractivity contribution in [3.05, 3.63) is 35.4 Å². The number of rotatable bonds is 6. The van der Waals surface area contributed by atoms with Gasteiger partial charge in [-0.05, 0) is 44.5 Å². The lowest BCUT2D eigenvalue weighted by atomic mass is 9.96. The van der Waals surface area contributed by atoms with Gasteiger partial charge in [-0.2, -0.15) is 0 Å². The summed E-state index contributed by atoms with van der Waals surface area (Å²) in [6.07, 6.45) is 6.55. The third kappa shape index (κ3) is 3.58. The van der Waals surface area contributed by atoms with Gasteiger partial charge in [-0.1, -0.05) is 44.0 Å². The molecule has 1 N–H and O–H groups in total. The van der Waals surface area contributed by atoms with Crippen LogP contribution >= 0.6 is 0 Å². The highest BCUT2D eigenvalue weighted by atomic mass is 15.2. The van der Waals surface area contributed by atoms with Crippen molar-refractivity contribution in [2.75, 3.05) is 20.6 Å². The van der Waals surface area contributed by atoms with Gasteiger partial charge in [-0.15, -0.1) is 0 Å². The van der Waals surface area contributed by atoms with E-state index in [9.17, 15) is 0 Å². The molecule has 0 spiro atoms. The van der Waals surface area contributed by atoms with Gasteiger partial charge < -0.3 is 10.2 Å². The lowest BCUT2D eigenvalue weighted by molar-refractivity contribution is 0.153. The Hall–Kier alpha value is -0.860. The molecule has 0 atom stereocenters. The first kappa shape index (κ1) is 14.5. The monoisotopic (exact) mass is 260 g/mol. The zero-order valence-corrected chi connectivity index (χ0v) is 12.7. The predicted octanol–water partition coefficient (Wildman–Crippen LogP) is 3.21. The van der Waals surface area contributed by atoms with Crippen LogP contribution < -0.4 is 5.32 Å². The standard InChI is InChI=1S/C17H28N2/c1-4-15-7-9-16(10-8-15)13-18-14-17(19(2)3)11-5-6-12-17/h7-10,18H,4-6,11-14H2,1-3H3. The van der Waals surface area contributed by atoms with Crippen LogP contribution in [-0.2, 0) is 13.0 Å². The molecule has 0 radical (unpaired) electrons. The maximum Gasteiger partial charge on any atom is 0.0328 e. The van der Waals surface area contributed by atoms with Crippen LogP contribution in [0, 0.1) is 0 Å². The molecule has 0 heterocycles. The van der Waals surface area contributed by atoms with Gasteiger partial charge >= 0.3 is 0 Å². The first-order chi connectivity index (χ1) is 9.16. The van der Waals surface area contributed by atoms with Crippen LogP contribution in [0.5, 0.6) is 0 Å². The number of benzene rings is 1.